The number of fused-ring (bicyclic) bond motifs is 1. The van der Waals surface area contributed by atoms with E-state index in [4.69, 9.17) is 5.10 Å². The summed E-state index contributed by atoms with van der Waals surface area (Å²) >= 11 is 0. The molecule has 3 aromatic heterocycles. The number of nitrogens with one attached hydrogen (secondary N) is 2. The molecule has 7 nitrogen and oxygen atoms in total. The molecule has 27 heavy (non-hydrogen) atoms. The number of rotatable bonds is 9. The van der Waals surface area contributed by atoms with Gasteiger partial charge in [-0.3, -0.25) is 0 Å². The minimum atomic E-state index is 0.408. The number of anilines is 2. The van der Waals surface area contributed by atoms with Gasteiger partial charge in [0.2, 0.25) is 5.65 Å². The van der Waals surface area contributed by atoms with Gasteiger partial charge < -0.3 is 10.6 Å². The Morgan fingerprint density at radius 1 is 1.26 bits per heavy atom. The van der Waals surface area contributed by atoms with Gasteiger partial charge in [0.25, 0.3) is 0 Å². The van der Waals surface area contributed by atoms with E-state index < -0.39 is 0 Å². The van der Waals surface area contributed by atoms with Gasteiger partial charge in [0.1, 0.15) is 5.82 Å². The lowest BCUT2D eigenvalue weighted by atomic mass is 10.2. The molecule has 0 amide bonds. The van der Waals surface area contributed by atoms with Crippen molar-refractivity contribution < 1.29 is 0 Å². The lowest BCUT2D eigenvalue weighted by molar-refractivity contribution is 0.664. The Balaban J connectivity index is 1.59. The highest BCUT2D eigenvalue weighted by Gasteiger charge is 2.30. The van der Waals surface area contributed by atoms with Crippen molar-refractivity contribution in [3.63, 3.8) is 0 Å². The SMILES string of the molecule is CCC(CC)Nc1cc(NCCc2c#cncc2)c2nnc(C3CC3)n2n1. The Labute approximate surface area is 159 Å². The van der Waals surface area contributed by atoms with Crippen LogP contribution in [0.1, 0.15) is 56.8 Å². The van der Waals surface area contributed by atoms with Crippen LogP contribution in [0, 0.1) is 12.3 Å². The number of aromatic nitrogens is 5. The Morgan fingerprint density at radius 3 is 2.81 bits per heavy atom. The highest BCUT2D eigenvalue weighted by molar-refractivity contribution is 5.70. The normalized spacial score (nSPS) is 13.7. The maximum atomic E-state index is 4.78. The van der Waals surface area contributed by atoms with Crippen LogP contribution in [0.5, 0.6) is 0 Å². The molecule has 1 fully saturated rings. The summed E-state index contributed by atoms with van der Waals surface area (Å²) in [6, 6.07) is 7.45. The van der Waals surface area contributed by atoms with Gasteiger partial charge in [-0.15, -0.1) is 15.3 Å². The summed E-state index contributed by atoms with van der Waals surface area (Å²) in [5.41, 5.74) is 2.83. The lowest BCUT2D eigenvalue weighted by Gasteiger charge is -2.17. The monoisotopic (exact) mass is 363 g/mol. The Kier molecular flexibility index (Phi) is 5.05. The molecule has 0 radical (unpaired) electrons. The Hall–Kier alpha value is -2.88. The van der Waals surface area contributed by atoms with E-state index in [2.05, 4.69) is 51.9 Å². The summed E-state index contributed by atoms with van der Waals surface area (Å²) in [7, 11) is 0. The number of nitrogens with zero attached hydrogens (tertiary/aromatic N) is 5. The molecule has 1 aliphatic rings. The molecular weight excluding hydrogens is 338 g/mol. The van der Waals surface area contributed by atoms with Crippen LogP contribution in [0.4, 0.5) is 11.5 Å². The van der Waals surface area contributed by atoms with Gasteiger partial charge in [-0.25, -0.2) is 4.98 Å². The van der Waals surface area contributed by atoms with Crippen LogP contribution in [0.2, 0.25) is 0 Å². The minimum Gasteiger partial charge on any atom is -0.381 e. The number of hydrogen-bond acceptors (Lipinski definition) is 6. The fourth-order valence-corrected chi connectivity index (χ4v) is 3.18. The summed E-state index contributed by atoms with van der Waals surface area (Å²) in [5, 5.41) is 20.6. The van der Waals surface area contributed by atoms with Crippen molar-refractivity contribution in [1.82, 2.24) is 24.8 Å². The highest BCUT2D eigenvalue weighted by atomic mass is 15.4. The summed E-state index contributed by atoms with van der Waals surface area (Å²) in [6.45, 7) is 5.15. The van der Waals surface area contributed by atoms with Crippen molar-refractivity contribution in [2.24, 2.45) is 0 Å². The summed E-state index contributed by atoms with van der Waals surface area (Å²) in [5.74, 6) is 2.33. The second kappa shape index (κ2) is 7.78. The predicted octanol–water partition coefficient (Wildman–Crippen LogP) is 3.25. The van der Waals surface area contributed by atoms with E-state index in [1.165, 1.54) is 12.8 Å². The molecule has 0 spiro atoms. The van der Waals surface area contributed by atoms with E-state index in [9.17, 15) is 0 Å². The third kappa shape index (κ3) is 3.95. The average molecular weight is 363 g/mol. The van der Waals surface area contributed by atoms with Gasteiger partial charge in [0, 0.05) is 42.5 Å². The molecule has 4 rings (SSSR count). The molecule has 0 unspecified atom stereocenters. The average Bonchev–Trinajstić information content (AvgIpc) is 3.46. The van der Waals surface area contributed by atoms with Crippen LogP contribution < -0.4 is 10.6 Å². The first-order valence-corrected chi connectivity index (χ1v) is 9.78. The molecular formula is C20H25N7. The van der Waals surface area contributed by atoms with Crippen molar-refractivity contribution in [3.05, 3.63) is 42.0 Å². The second-order valence-electron chi connectivity index (χ2n) is 7.05. The first-order chi connectivity index (χ1) is 13.3. The topological polar surface area (TPSA) is 80.0 Å². The van der Waals surface area contributed by atoms with E-state index in [1.807, 2.05) is 16.6 Å². The molecule has 0 bridgehead atoms. The summed E-state index contributed by atoms with van der Waals surface area (Å²) in [4.78, 5) is 3.89. The fraction of sp³-hybridized carbons (Fsp3) is 0.500. The molecule has 0 aliphatic heterocycles. The molecule has 2 N–H and O–H groups in total. The van der Waals surface area contributed by atoms with Crippen molar-refractivity contribution in [2.75, 3.05) is 17.2 Å². The second-order valence-corrected chi connectivity index (χ2v) is 7.05. The van der Waals surface area contributed by atoms with Crippen LogP contribution in [0.3, 0.4) is 0 Å². The van der Waals surface area contributed by atoms with Gasteiger partial charge in [-0.05, 0) is 44.2 Å². The van der Waals surface area contributed by atoms with Gasteiger partial charge in [0.05, 0.1) is 5.69 Å². The fourth-order valence-electron chi connectivity index (χ4n) is 3.18. The molecule has 7 heteroatoms. The largest absolute Gasteiger partial charge is 0.381 e. The molecule has 0 aromatic carbocycles. The highest BCUT2D eigenvalue weighted by Crippen LogP contribution is 2.39. The van der Waals surface area contributed by atoms with Crippen molar-refractivity contribution >= 4 is 17.2 Å². The summed E-state index contributed by atoms with van der Waals surface area (Å²) < 4.78 is 1.91. The molecule has 1 aliphatic carbocycles. The van der Waals surface area contributed by atoms with E-state index in [0.717, 1.165) is 54.3 Å². The van der Waals surface area contributed by atoms with Crippen LogP contribution in [-0.2, 0) is 6.42 Å². The summed E-state index contributed by atoms with van der Waals surface area (Å²) in [6.07, 6.45) is 9.80. The van der Waals surface area contributed by atoms with Crippen LogP contribution >= 0.6 is 0 Å². The third-order valence-corrected chi connectivity index (χ3v) is 5.02. The third-order valence-electron chi connectivity index (χ3n) is 5.02. The van der Waals surface area contributed by atoms with Crippen LogP contribution in [-0.4, -0.2) is 37.4 Å². The van der Waals surface area contributed by atoms with Crippen LogP contribution in [0.15, 0.2) is 18.3 Å². The molecule has 0 atom stereocenters. The van der Waals surface area contributed by atoms with E-state index in [-0.39, 0.29) is 0 Å². The quantitative estimate of drug-likeness (QED) is 0.607. The predicted molar refractivity (Wildman–Crippen MR) is 105 cm³/mol. The number of hydrogen-bond donors (Lipinski definition) is 2. The maximum absolute atomic E-state index is 4.78. The van der Waals surface area contributed by atoms with Crippen LogP contribution in [0.25, 0.3) is 5.65 Å². The first-order valence-electron chi connectivity index (χ1n) is 9.78. The molecule has 140 valence electrons. The van der Waals surface area contributed by atoms with Gasteiger partial charge in [-0.2, -0.15) is 4.52 Å². The lowest BCUT2D eigenvalue weighted by Crippen LogP contribution is -2.19. The standard InChI is InChI=1S/C20H25N7/c1-3-16(4-2)23-18-13-17(22-12-9-14-7-10-21-11-8-14)20-25-24-19(15-5-6-15)27(20)26-18/h7,10,13,15-16,22H,3-6,9,12H2,1-2H3,(H,23,26). The zero-order valence-electron chi connectivity index (χ0n) is 15.9. The molecule has 3 heterocycles. The zero-order valence-corrected chi connectivity index (χ0v) is 15.9. The minimum absolute atomic E-state index is 0.408. The van der Waals surface area contributed by atoms with Crippen molar-refractivity contribution in [3.8, 4) is 0 Å². The van der Waals surface area contributed by atoms with Gasteiger partial charge in [-0.1, -0.05) is 13.8 Å². The zero-order chi connectivity index (χ0) is 18.6. The van der Waals surface area contributed by atoms with Crippen molar-refractivity contribution in [2.45, 2.75) is 57.9 Å². The Bertz CT molecular complexity index is 882. The maximum Gasteiger partial charge on any atom is 0.201 e. The Morgan fingerprint density at radius 2 is 2.11 bits per heavy atom. The van der Waals surface area contributed by atoms with Gasteiger partial charge in [0.15, 0.2) is 5.82 Å². The molecule has 1 saturated carbocycles. The molecule has 0 saturated heterocycles. The molecule has 3 aromatic rings. The smallest absolute Gasteiger partial charge is 0.201 e. The van der Waals surface area contributed by atoms with E-state index in [0.29, 0.717) is 12.0 Å². The van der Waals surface area contributed by atoms with E-state index in [1.54, 1.807) is 6.20 Å². The van der Waals surface area contributed by atoms with E-state index >= 15 is 0 Å². The van der Waals surface area contributed by atoms with Crippen molar-refractivity contribution in [1.29, 1.82) is 0 Å². The van der Waals surface area contributed by atoms with Gasteiger partial charge >= 0.3 is 0 Å². The first kappa shape index (κ1) is 17.5.